The molecule has 1 aliphatic carbocycles. The van der Waals surface area contributed by atoms with Crippen molar-refractivity contribution >= 4 is 35.7 Å². The zero-order valence-corrected chi connectivity index (χ0v) is 13.3. The van der Waals surface area contributed by atoms with Gasteiger partial charge in [0, 0.05) is 18.8 Å². The molecule has 0 spiro atoms. The zero-order chi connectivity index (χ0) is 15.0. The van der Waals surface area contributed by atoms with E-state index in [9.17, 15) is 9.59 Å². The predicted octanol–water partition coefficient (Wildman–Crippen LogP) is 1.63. The first-order valence-electron chi connectivity index (χ1n) is 7.32. The highest BCUT2D eigenvalue weighted by Gasteiger charge is 2.46. The number of nitrogens with one attached hydrogen (secondary N) is 2. The van der Waals surface area contributed by atoms with Crippen LogP contribution in [0.3, 0.4) is 0 Å². The summed E-state index contributed by atoms with van der Waals surface area (Å²) in [7, 11) is 0. The van der Waals surface area contributed by atoms with Crippen molar-refractivity contribution < 1.29 is 9.59 Å². The van der Waals surface area contributed by atoms with Crippen molar-refractivity contribution in [1.82, 2.24) is 5.32 Å². The highest BCUT2D eigenvalue weighted by Crippen LogP contribution is 2.35. The van der Waals surface area contributed by atoms with Gasteiger partial charge >= 0.3 is 6.03 Å². The number of amides is 3. The third kappa shape index (κ3) is 3.03. The monoisotopic (exact) mass is 324 g/mol. The molecule has 4 N–H and O–H groups in total. The van der Waals surface area contributed by atoms with Crippen LogP contribution in [0.4, 0.5) is 16.2 Å². The lowest BCUT2D eigenvalue weighted by atomic mass is 10.1. The lowest BCUT2D eigenvalue weighted by Gasteiger charge is -2.18. The van der Waals surface area contributed by atoms with Crippen LogP contribution in [-0.2, 0) is 11.2 Å². The van der Waals surface area contributed by atoms with Gasteiger partial charge in [-0.15, -0.1) is 12.4 Å². The van der Waals surface area contributed by atoms with Crippen LogP contribution in [-0.4, -0.2) is 30.6 Å². The first kappa shape index (κ1) is 16.6. The number of carbonyl (C=O) groups excluding carboxylic acids is 2. The van der Waals surface area contributed by atoms with Crippen LogP contribution in [0.2, 0.25) is 0 Å². The van der Waals surface area contributed by atoms with E-state index in [4.69, 9.17) is 5.73 Å². The third-order valence-electron chi connectivity index (χ3n) is 4.05. The number of halogens is 1. The van der Waals surface area contributed by atoms with E-state index in [1.807, 2.05) is 25.1 Å². The summed E-state index contributed by atoms with van der Waals surface area (Å²) in [5, 5.41) is 5.65. The Kier molecular flexibility index (Phi) is 4.63. The van der Waals surface area contributed by atoms with Crippen molar-refractivity contribution in [2.24, 2.45) is 5.73 Å². The summed E-state index contributed by atoms with van der Waals surface area (Å²) in [5.74, 6) is -0.148. The van der Waals surface area contributed by atoms with Crippen LogP contribution in [0.5, 0.6) is 0 Å². The molecule has 0 bridgehead atoms. The molecule has 1 aromatic rings. The normalized spacial score (nSPS) is 17.3. The van der Waals surface area contributed by atoms with Crippen molar-refractivity contribution in [1.29, 1.82) is 0 Å². The quantitative estimate of drug-likeness (QED) is 0.789. The fourth-order valence-corrected chi connectivity index (χ4v) is 2.53. The van der Waals surface area contributed by atoms with Crippen LogP contribution in [0.1, 0.15) is 25.3 Å². The summed E-state index contributed by atoms with van der Waals surface area (Å²) in [6, 6.07) is 5.57. The number of hydrogen-bond acceptors (Lipinski definition) is 3. The van der Waals surface area contributed by atoms with Gasteiger partial charge in [-0.1, -0.05) is 6.07 Å². The Hall–Kier alpha value is -1.79. The number of urea groups is 1. The first-order valence-corrected chi connectivity index (χ1v) is 7.32. The van der Waals surface area contributed by atoms with Gasteiger partial charge in [0.05, 0.1) is 11.2 Å². The molecule has 0 aromatic heterocycles. The Morgan fingerprint density at radius 2 is 2.09 bits per heavy atom. The Morgan fingerprint density at radius 1 is 1.36 bits per heavy atom. The lowest BCUT2D eigenvalue weighted by molar-refractivity contribution is -0.118. The number of rotatable bonds is 3. The van der Waals surface area contributed by atoms with Gasteiger partial charge in [-0.05, 0) is 43.9 Å². The highest BCUT2D eigenvalue weighted by molar-refractivity contribution is 6.01. The number of hydrogen-bond donors (Lipinski definition) is 3. The SMILES string of the molecule is CCNC(=O)N1CCc2ccc(NC(=O)C3(N)CC3)cc21.Cl. The van der Waals surface area contributed by atoms with Gasteiger partial charge in [0.1, 0.15) is 0 Å². The molecule has 3 amide bonds. The van der Waals surface area contributed by atoms with Crippen LogP contribution in [0.15, 0.2) is 18.2 Å². The summed E-state index contributed by atoms with van der Waals surface area (Å²) in [5.41, 5.74) is 7.85. The molecule has 0 radical (unpaired) electrons. The van der Waals surface area contributed by atoms with Gasteiger partial charge < -0.3 is 16.4 Å². The minimum atomic E-state index is -0.696. The smallest absolute Gasteiger partial charge is 0.321 e. The minimum absolute atomic E-state index is 0. The van der Waals surface area contributed by atoms with Crippen molar-refractivity contribution in [2.75, 3.05) is 23.3 Å². The average molecular weight is 325 g/mol. The second kappa shape index (κ2) is 6.14. The highest BCUT2D eigenvalue weighted by atomic mass is 35.5. The molecule has 6 nitrogen and oxygen atoms in total. The molecule has 1 saturated carbocycles. The summed E-state index contributed by atoms with van der Waals surface area (Å²) in [4.78, 5) is 25.7. The van der Waals surface area contributed by atoms with Gasteiger partial charge in [0.25, 0.3) is 0 Å². The van der Waals surface area contributed by atoms with Gasteiger partial charge in [-0.25, -0.2) is 4.79 Å². The Balaban J connectivity index is 0.00000176. The molecule has 1 fully saturated rings. The maximum absolute atomic E-state index is 12.0. The molecule has 3 rings (SSSR count). The number of nitrogens with zero attached hydrogens (tertiary/aromatic N) is 1. The van der Waals surface area contributed by atoms with Gasteiger partial charge in [-0.2, -0.15) is 0 Å². The van der Waals surface area contributed by atoms with Crippen molar-refractivity contribution in [3.63, 3.8) is 0 Å². The predicted molar refractivity (Wildman–Crippen MR) is 88.6 cm³/mol. The molecule has 2 aliphatic rings. The molecule has 1 heterocycles. The third-order valence-corrected chi connectivity index (χ3v) is 4.05. The van der Waals surface area contributed by atoms with E-state index in [2.05, 4.69) is 10.6 Å². The Bertz CT molecular complexity index is 601. The van der Waals surface area contributed by atoms with Gasteiger partial charge in [0.2, 0.25) is 5.91 Å². The number of carbonyl (C=O) groups is 2. The molecule has 0 unspecified atom stereocenters. The summed E-state index contributed by atoms with van der Waals surface area (Å²) in [6.07, 6.45) is 2.30. The average Bonchev–Trinajstić information content (AvgIpc) is 3.07. The summed E-state index contributed by atoms with van der Waals surface area (Å²) in [6.45, 7) is 3.15. The molecule has 22 heavy (non-hydrogen) atoms. The molecular formula is C15H21ClN4O2. The van der Waals surface area contributed by atoms with Crippen LogP contribution in [0, 0.1) is 0 Å². The maximum atomic E-state index is 12.0. The van der Waals surface area contributed by atoms with E-state index in [1.54, 1.807) is 4.90 Å². The standard InChI is InChI=1S/C15H20N4O2.ClH/c1-2-17-14(21)19-8-5-10-3-4-11(9-12(10)19)18-13(20)15(16)6-7-15;/h3-4,9H,2,5-8,16H2,1H3,(H,17,21)(H,18,20);1H. The van der Waals surface area contributed by atoms with Gasteiger partial charge in [-0.3, -0.25) is 9.69 Å². The zero-order valence-electron chi connectivity index (χ0n) is 12.5. The maximum Gasteiger partial charge on any atom is 0.321 e. The lowest BCUT2D eigenvalue weighted by Crippen LogP contribution is -2.39. The van der Waals surface area contributed by atoms with E-state index in [-0.39, 0.29) is 24.3 Å². The van der Waals surface area contributed by atoms with E-state index >= 15 is 0 Å². The van der Waals surface area contributed by atoms with Crippen molar-refractivity contribution in [3.05, 3.63) is 23.8 Å². The molecule has 0 atom stereocenters. The molecular weight excluding hydrogens is 304 g/mol. The Morgan fingerprint density at radius 3 is 2.73 bits per heavy atom. The van der Waals surface area contributed by atoms with E-state index in [0.29, 0.717) is 18.8 Å². The molecule has 1 aromatic carbocycles. The second-order valence-corrected chi connectivity index (χ2v) is 5.69. The molecule has 1 aliphatic heterocycles. The van der Waals surface area contributed by atoms with E-state index in [0.717, 1.165) is 30.5 Å². The van der Waals surface area contributed by atoms with Gasteiger partial charge in [0.15, 0.2) is 0 Å². The number of nitrogens with two attached hydrogens (primary N) is 1. The molecule has 120 valence electrons. The van der Waals surface area contributed by atoms with Crippen LogP contribution >= 0.6 is 12.4 Å². The van der Waals surface area contributed by atoms with E-state index < -0.39 is 5.54 Å². The topological polar surface area (TPSA) is 87.5 Å². The number of benzene rings is 1. The number of anilines is 2. The van der Waals surface area contributed by atoms with E-state index in [1.165, 1.54) is 0 Å². The summed E-state index contributed by atoms with van der Waals surface area (Å²) < 4.78 is 0. The van der Waals surface area contributed by atoms with Crippen LogP contribution in [0.25, 0.3) is 0 Å². The van der Waals surface area contributed by atoms with Crippen molar-refractivity contribution in [2.45, 2.75) is 31.7 Å². The second-order valence-electron chi connectivity index (χ2n) is 5.69. The number of fused-ring (bicyclic) bond motifs is 1. The largest absolute Gasteiger partial charge is 0.338 e. The first-order chi connectivity index (χ1) is 10.0. The fourth-order valence-electron chi connectivity index (χ4n) is 2.53. The minimum Gasteiger partial charge on any atom is -0.338 e. The summed E-state index contributed by atoms with van der Waals surface area (Å²) >= 11 is 0. The van der Waals surface area contributed by atoms with Crippen LogP contribution < -0.4 is 21.3 Å². The fraction of sp³-hybridized carbons (Fsp3) is 0.467. The molecule has 0 saturated heterocycles. The molecule has 7 heteroatoms. The Labute approximate surface area is 135 Å². The van der Waals surface area contributed by atoms with Crippen molar-refractivity contribution in [3.8, 4) is 0 Å².